The molecule has 4 nitrogen and oxygen atoms in total. The predicted octanol–water partition coefficient (Wildman–Crippen LogP) is 3.25. The van der Waals surface area contributed by atoms with Crippen molar-refractivity contribution in [3.8, 4) is 0 Å². The minimum atomic E-state index is -0.504. The first-order chi connectivity index (χ1) is 8.26. The zero-order valence-electron chi connectivity index (χ0n) is 12.7. The van der Waals surface area contributed by atoms with E-state index in [1.54, 1.807) is 0 Å². The standard InChI is InChI=1S/C12H21NO3.C2H6/c1-6-9-7-13(10(9)8(2)14)11(15)16-12(3,4)5;1-2/h9-10H,6-7H2,1-5H3;1-2H3. The topological polar surface area (TPSA) is 46.6 Å². The summed E-state index contributed by atoms with van der Waals surface area (Å²) in [7, 11) is 0. The van der Waals surface area contributed by atoms with Crippen molar-refractivity contribution in [1.29, 1.82) is 0 Å². The second-order valence-electron chi connectivity index (χ2n) is 5.36. The van der Waals surface area contributed by atoms with E-state index >= 15 is 0 Å². The number of ether oxygens (including phenoxy) is 1. The van der Waals surface area contributed by atoms with Gasteiger partial charge < -0.3 is 4.74 Å². The molecule has 0 aromatic carbocycles. The highest BCUT2D eigenvalue weighted by atomic mass is 16.6. The number of hydrogen-bond acceptors (Lipinski definition) is 3. The van der Waals surface area contributed by atoms with Crippen LogP contribution in [0, 0.1) is 5.92 Å². The van der Waals surface area contributed by atoms with Crippen LogP contribution in [0.1, 0.15) is 54.9 Å². The molecule has 106 valence electrons. The number of Topliss-reactive ketones (excluding diaryl/α,β-unsaturated/α-hetero) is 1. The highest BCUT2D eigenvalue weighted by molar-refractivity contribution is 5.87. The number of rotatable bonds is 2. The van der Waals surface area contributed by atoms with Gasteiger partial charge in [-0.3, -0.25) is 9.69 Å². The third-order valence-corrected chi connectivity index (χ3v) is 2.78. The van der Waals surface area contributed by atoms with Gasteiger partial charge in [0.05, 0.1) is 6.04 Å². The Morgan fingerprint density at radius 2 is 1.78 bits per heavy atom. The van der Waals surface area contributed by atoms with E-state index in [0.717, 1.165) is 6.42 Å². The van der Waals surface area contributed by atoms with Crippen LogP contribution in [0.15, 0.2) is 0 Å². The second kappa shape index (κ2) is 6.76. The Kier molecular flexibility index (Phi) is 6.36. The van der Waals surface area contributed by atoms with E-state index in [1.165, 1.54) is 11.8 Å². The molecule has 0 bridgehead atoms. The van der Waals surface area contributed by atoms with Crippen LogP contribution in [0.5, 0.6) is 0 Å². The van der Waals surface area contributed by atoms with Crippen LogP contribution < -0.4 is 0 Å². The van der Waals surface area contributed by atoms with Gasteiger partial charge in [0, 0.05) is 12.5 Å². The summed E-state index contributed by atoms with van der Waals surface area (Å²) in [5.41, 5.74) is -0.504. The maximum Gasteiger partial charge on any atom is 0.410 e. The number of carbonyl (C=O) groups excluding carboxylic acids is 2. The van der Waals surface area contributed by atoms with Gasteiger partial charge in [-0.15, -0.1) is 0 Å². The number of hydrogen-bond donors (Lipinski definition) is 0. The lowest BCUT2D eigenvalue weighted by Gasteiger charge is -2.46. The van der Waals surface area contributed by atoms with E-state index in [1.807, 2.05) is 41.5 Å². The Hall–Kier alpha value is -1.06. The average Bonchev–Trinajstić information content (AvgIpc) is 2.16. The molecular formula is C14H27NO3. The fraction of sp³-hybridized carbons (Fsp3) is 0.857. The molecule has 0 radical (unpaired) electrons. The van der Waals surface area contributed by atoms with Gasteiger partial charge in [0.2, 0.25) is 0 Å². The van der Waals surface area contributed by atoms with E-state index < -0.39 is 5.60 Å². The highest BCUT2D eigenvalue weighted by Gasteiger charge is 2.45. The van der Waals surface area contributed by atoms with Crippen molar-refractivity contribution in [2.45, 2.75) is 66.5 Å². The van der Waals surface area contributed by atoms with Crippen LogP contribution in [-0.4, -0.2) is 35.0 Å². The molecule has 1 saturated heterocycles. The first-order valence-corrected chi connectivity index (χ1v) is 6.76. The van der Waals surface area contributed by atoms with Crippen molar-refractivity contribution in [2.24, 2.45) is 5.92 Å². The molecule has 0 aromatic heterocycles. The summed E-state index contributed by atoms with van der Waals surface area (Å²) in [6.45, 7) is 13.7. The molecule has 4 heteroatoms. The first-order valence-electron chi connectivity index (χ1n) is 6.76. The molecule has 0 aliphatic carbocycles. The van der Waals surface area contributed by atoms with Gasteiger partial charge >= 0.3 is 6.09 Å². The summed E-state index contributed by atoms with van der Waals surface area (Å²) in [4.78, 5) is 24.7. The SMILES string of the molecule is CC.CCC1CN(C(=O)OC(C)(C)C)C1C(C)=O. The van der Waals surface area contributed by atoms with Crippen LogP contribution in [-0.2, 0) is 9.53 Å². The Morgan fingerprint density at radius 3 is 2.11 bits per heavy atom. The van der Waals surface area contributed by atoms with Crippen LogP contribution >= 0.6 is 0 Å². The lowest BCUT2D eigenvalue weighted by Crippen LogP contribution is -2.62. The van der Waals surface area contributed by atoms with Crippen molar-refractivity contribution in [1.82, 2.24) is 4.90 Å². The smallest absolute Gasteiger partial charge is 0.410 e. The first kappa shape index (κ1) is 16.9. The summed E-state index contributed by atoms with van der Waals surface area (Å²) in [6, 6.07) is -0.278. The van der Waals surface area contributed by atoms with Gasteiger partial charge in [0.25, 0.3) is 0 Å². The zero-order valence-corrected chi connectivity index (χ0v) is 12.7. The molecule has 1 aliphatic heterocycles. The Balaban J connectivity index is 0.00000137. The zero-order chi connectivity index (χ0) is 14.5. The van der Waals surface area contributed by atoms with E-state index in [2.05, 4.69) is 0 Å². The lowest BCUT2D eigenvalue weighted by atomic mass is 9.84. The largest absolute Gasteiger partial charge is 0.444 e. The monoisotopic (exact) mass is 257 g/mol. The molecular weight excluding hydrogens is 230 g/mol. The summed E-state index contributed by atoms with van der Waals surface area (Å²) in [5, 5.41) is 0. The normalized spacial score (nSPS) is 22.5. The number of nitrogens with zero attached hydrogens (tertiary/aromatic N) is 1. The molecule has 1 fully saturated rings. The van der Waals surface area contributed by atoms with Gasteiger partial charge in [-0.25, -0.2) is 4.79 Å². The quantitative estimate of drug-likeness (QED) is 0.763. The molecule has 2 unspecified atom stereocenters. The van der Waals surface area contributed by atoms with Gasteiger partial charge in [-0.05, 0) is 34.1 Å². The fourth-order valence-corrected chi connectivity index (χ4v) is 1.99. The minimum Gasteiger partial charge on any atom is -0.444 e. The van der Waals surface area contributed by atoms with E-state index in [4.69, 9.17) is 4.74 Å². The molecule has 1 amide bonds. The molecule has 0 spiro atoms. The molecule has 1 aliphatic rings. The number of amides is 1. The molecule has 2 atom stereocenters. The third-order valence-electron chi connectivity index (χ3n) is 2.78. The maximum atomic E-state index is 11.8. The Bertz CT molecular complexity index is 294. The number of likely N-dealkylation sites (tertiary alicyclic amines) is 1. The van der Waals surface area contributed by atoms with E-state index in [0.29, 0.717) is 12.5 Å². The molecule has 1 heterocycles. The van der Waals surface area contributed by atoms with Crippen molar-refractivity contribution in [3.63, 3.8) is 0 Å². The summed E-state index contributed by atoms with van der Waals surface area (Å²) < 4.78 is 5.25. The summed E-state index contributed by atoms with van der Waals surface area (Å²) in [5.74, 6) is 0.342. The van der Waals surface area contributed by atoms with Crippen molar-refractivity contribution in [3.05, 3.63) is 0 Å². The summed E-state index contributed by atoms with van der Waals surface area (Å²) in [6.07, 6.45) is 0.543. The molecule has 0 N–H and O–H groups in total. The van der Waals surface area contributed by atoms with Gasteiger partial charge in [-0.1, -0.05) is 20.8 Å². The third kappa shape index (κ3) is 4.31. The fourth-order valence-electron chi connectivity index (χ4n) is 1.99. The molecule has 1 rings (SSSR count). The Labute approximate surface area is 111 Å². The number of carbonyl (C=O) groups is 2. The van der Waals surface area contributed by atoms with Crippen LogP contribution in [0.25, 0.3) is 0 Å². The number of ketones is 1. The van der Waals surface area contributed by atoms with Crippen molar-refractivity contribution < 1.29 is 14.3 Å². The van der Waals surface area contributed by atoms with Crippen LogP contribution in [0.3, 0.4) is 0 Å². The van der Waals surface area contributed by atoms with Gasteiger partial charge in [0.1, 0.15) is 5.60 Å². The van der Waals surface area contributed by atoms with Gasteiger partial charge in [-0.2, -0.15) is 0 Å². The van der Waals surface area contributed by atoms with Crippen molar-refractivity contribution >= 4 is 11.9 Å². The van der Waals surface area contributed by atoms with Crippen LogP contribution in [0.2, 0.25) is 0 Å². The molecule has 0 aromatic rings. The second-order valence-corrected chi connectivity index (χ2v) is 5.36. The highest BCUT2D eigenvalue weighted by Crippen LogP contribution is 2.29. The van der Waals surface area contributed by atoms with E-state index in [9.17, 15) is 9.59 Å². The molecule has 0 saturated carbocycles. The van der Waals surface area contributed by atoms with Crippen molar-refractivity contribution in [2.75, 3.05) is 6.54 Å². The minimum absolute atomic E-state index is 0.0453. The van der Waals surface area contributed by atoms with Crippen LogP contribution in [0.4, 0.5) is 4.79 Å². The predicted molar refractivity (Wildman–Crippen MR) is 72.5 cm³/mol. The molecule has 18 heavy (non-hydrogen) atoms. The van der Waals surface area contributed by atoms with Gasteiger partial charge in [0.15, 0.2) is 5.78 Å². The average molecular weight is 257 g/mol. The van der Waals surface area contributed by atoms with E-state index in [-0.39, 0.29) is 17.9 Å². The lowest BCUT2D eigenvalue weighted by molar-refractivity contribution is -0.130. The summed E-state index contributed by atoms with van der Waals surface area (Å²) >= 11 is 0. The maximum absolute atomic E-state index is 11.8. The Morgan fingerprint density at radius 1 is 1.28 bits per heavy atom.